The molecule has 0 unspecified atom stereocenters. The normalized spacial score (nSPS) is 11.3. The number of hydrogen-bond donors (Lipinski definition) is 2. The van der Waals surface area contributed by atoms with Crippen LogP contribution in [0.2, 0.25) is 0 Å². The zero-order valence-corrected chi connectivity index (χ0v) is 16.1. The van der Waals surface area contributed by atoms with Gasteiger partial charge in [-0.25, -0.2) is 17.8 Å². The van der Waals surface area contributed by atoms with Crippen LogP contribution in [0, 0.1) is 26.6 Å². The molecule has 0 spiro atoms. The molecule has 1 heterocycles. The van der Waals surface area contributed by atoms with E-state index >= 15 is 0 Å². The second-order valence-electron chi connectivity index (χ2n) is 6.39. The van der Waals surface area contributed by atoms with Gasteiger partial charge in [0.1, 0.15) is 11.6 Å². The van der Waals surface area contributed by atoms with Crippen molar-refractivity contribution in [1.82, 2.24) is 4.98 Å². The molecule has 140 valence electrons. The van der Waals surface area contributed by atoms with E-state index in [1.807, 2.05) is 26.0 Å². The van der Waals surface area contributed by atoms with Crippen LogP contribution in [-0.2, 0) is 10.0 Å². The maximum atomic E-state index is 13.4. The summed E-state index contributed by atoms with van der Waals surface area (Å²) in [6.07, 6.45) is 1.43. The lowest BCUT2D eigenvalue weighted by atomic mass is 10.1. The molecule has 0 saturated carbocycles. The van der Waals surface area contributed by atoms with E-state index in [2.05, 4.69) is 21.1 Å². The minimum atomic E-state index is -3.81. The predicted octanol–water partition coefficient (Wildman–Crippen LogP) is 4.69. The first-order valence-electron chi connectivity index (χ1n) is 8.34. The average Bonchev–Trinajstić information content (AvgIpc) is 2.61. The third-order valence-corrected chi connectivity index (χ3v) is 5.48. The van der Waals surface area contributed by atoms with Gasteiger partial charge in [0, 0.05) is 5.69 Å². The van der Waals surface area contributed by atoms with E-state index in [1.54, 1.807) is 12.1 Å². The van der Waals surface area contributed by atoms with Crippen molar-refractivity contribution in [2.45, 2.75) is 25.7 Å². The largest absolute Gasteiger partial charge is 0.340 e. The van der Waals surface area contributed by atoms with Crippen molar-refractivity contribution in [2.24, 2.45) is 0 Å². The smallest absolute Gasteiger partial charge is 0.261 e. The summed E-state index contributed by atoms with van der Waals surface area (Å²) < 4.78 is 40.7. The molecular formula is C20H20FN3O2S. The molecule has 0 aliphatic heterocycles. The fourth-order valence-corrected chi connectivity index (χ4v) is 3.75. The molecule has 0 amide bonds. The van der Waals surface area contributed by atoms with E-state index < -0.39 is 15.8 Å². The Morgan fingerprint density at radius 2 is 1.70 bits per heavy atom. The average molecular weight is 385 g/mol. The molecule has 5 nitrogen and oxygen atoms in total. The summed E-state index contributed by atoms with van der Waals surface area (Å²) in [5, 5.41) is 3.20. The Kier molecular flexibility index (Phi) is 5.14. The quantitative estimate of drug-likeness (QED) is 0.668. The fraction of sp³-hybridized carbons (Fsp3) is 0.150. The van der Waals surface area contributed by atoms with E-state index in [4.69, 9.17) is 0 Å². The zero-order chi connectivity index (χ0) is 19.6. The Bertz CT molecular complexity index is 1080. The summed E-state index contributed by atoms with van der Waals surface area (Å²) in [4.78, 5) is 4.25. The number of nitrogens with zero attached hydrogens (tertiary/aromatic N) is 1. The Labute approximate surface area is 158 Å². The summed E-state index contributed by atoms with van der Waals surface area (Å²) in [6, 6.07) is 13.0. The van der Waals surface area contributed by atoms with Crippen LogP contribution in [-0.4, -0.2) is 13.4 Å². The van der Waals surface area contributed by atoms with Crippen LogP contribution in [0.25, 0.3) is 0 Å². The Balaban J connectivity index is 1.76. The Hall–Kier alpha value is -2.93. The molecule has 0 saturated heterocycles. The van der Waals surface area contributed by atoms with Gasteiger partial charge in [-0.2, -0.15) is 0 Å². The number of pyridine rings is 1. The topological polar surface area (TPSA) is 71.1 Å². The first-order chi connectivity index (χ1) is 12.7. The van der Waals surface area contributed by atoms with Crippen molar-refractivity contribution in [3.8, 4) is 0 Å². The molecule has 2 N–H and O–H groups in total. The highest BCUT2D eigenvalue weighted by Gasteiger charge is 2.15. The Morgan fingerprint density at radius 3 is 2.33 bits per heavy atom. The number of sulfonamides is 1. The van der Waals surface area contributed by atoms with Crippen molar-refractivity contribution in [1.29, 1.82) is 0 Å². The lowest BCUT2D eigenvalue weighted by Gasteiger charge is -2.11. The molecule has 2 aromatic carbocycles. The van der Waals surface area contributed by atoms with Gasteiger partial charge in [0.05, 0.1) is 16.8 Å². The minimum absolute atomic E-state index is 0.00104. The third kappa shape index (κ3) is 4.43. The van der Waals surface area contributed by atoms with Crippen LogP contribution < -0.4 is 10.0 Å². The van der Waals surface area contributed by atoms with Crippen molar-refractivity contribution in [3.05, 3.63) is 77.2 Å². The second kappa shape index (κ2) is 7.36. The summed E-state index contributed by atoms with van der Waals surface area (Å²) in [5.74, 6) is 0.153. The second-order valence-corrected chi connectivity index (χ2v) is 8.07. The molecule has 3 rings (SSSR count). The van der Waals surface area contributed by atoms with E-state index in [-0.39, 0.29) is 10.5 Å². The molecule has 7 heteroatoms. The number of benzene rings is 2. The first kappa shape index (κ1) is 18.8. The summed E-state index contributed by atoms with van der Waals surface area (Å²) in [6.45, 7) is 5.55. The van der Waals surface area contributed by atoms with Gasteiger partial charge in [0.15, 0.2) is 0 Å². The molecule has 0 aliphatic carbocycles. The van der Waals surface area contributed by atoms with Gasteiger partial charge in [-0.1, -0.05) is 17.7 Å². The summed E-state index contributed by atoms with van der Waals surface area (Å²) in [5.41, 5.74) is 3.79. The number of halogens is 1. The number of aromatic nitrogens is 1. The molecule has 0 bridgehead atoms. The van der Waals surface area contributed by atoms with Gasteiger partial charge in [0.25, 0.3) is 10.0 Å². The van der Waals surface area contributed by atoms with Crippen LogP contribution in [0.5, 0.6) is 0 Å². The number of hydrogen-bond acceptors (Lipinski definition) is 4. The van der Waals surface area contributed by atoms with Crippen molar-refractivity contribution in [2.75, 3.05) is 10.0 Å². The molecule has 0 aliphatic rings. The first-order valence-corrected chi connectivity index (χ1v) is 9.82. The minimum Gasteiger partial charge on any atom is -0.340 e. The number of nitrogens with one attached hydrogen (secondary N) is 2. The molecule has 1 aromatic heterocycles. The number of anilines is 3. The van der Waals surface area contributed by atoms with Gasteiger partial charge in [-0.15, -0.1) is 0 Å². The van der Waals surface area contributed by atoms with E-state index in [1.165, 1.54) is 30.8 Å². The van der Waals surface area contributed by atoms with Crippen molar-refractivity contribution < 1.29 is 12.8 Å². The monoisotopic (exact) mass is 385 g/mol. The molecule has 0 atom stereocenters. The standard InChI is InChI=1S/C20H20FN3O2S/c1-13-4-8-19(15(3)10-13)23-20-9-5-16(12-22-20)24-27(25,26)17-6-7-18(21)14(2)11-17/h4-12,24H,1-3H3,(H,22,23). The number of aryl methyl sites for hydroxylation is 3. The maximum absolute atomic E-state index is 13.4. The lowest BCUT2D eigenvalue weighted by Crippen LogP contribution is -2.13. The maximum Gasteiger partial charge on any atom is 0.261 e. The molecular weight excluding hydrogens is 365 g/mol. The van der Waals surface area contributed by atoms with Gasteiger partial charge in [-0.05, 0) is 68.3 Å². The van der Waals surface area contributed by atoms with Crippen LogP contribution in [0.3, 0.4) is 0 Å². The molecule has 27 heavy (non-hydrogen) atoms. The fourth-order valence-electron chi connectivity index (χ4n) is 2.62. The van der Waals surface area contributed by atoms with Crippen LogP contribution in [0.1, 0.15) is 16.7 Å². The SMILES string of the molecule is Cc1ccc(Nc2ccc(NS(=O)(=O)c3ccc(F)c(C)c3)cn2)c(C)c1. The van der Waals surface area contributed by atoms with Gasteiger partial charge in [0.2, 0.25) is 0 Å². The van der Waals surface area contributed by atoms with E-state index in [0.717, 1.165) is 17.3 Å². The lowest BCUT2D eigenvalue weighted by molar-refractivity contribution is 0.598. The van der Waals surface area contributed by atoms with Gasteiger partial charge >= 0.3 is 0 Å². The molecule has 3 aromatic rings. The zero-order valence-electron chi connectivity index (χ0n) is 15.2. The van der Waals surface area contributed by atoms with Crippen LogP contribution in [0.15, 0.2) is 59.6 Å². The summed E-state index contributed by atoms with van der Waals surface area (Å²) >= 11 is 0. The highest BCUT2D eigenvalue weighted by Crippen LogP contribution is 2.22. The number of rotatable bonds is 5. The van der Waals surface area contributed by atoms with E-state index in [9.17, 15) is 12.8 Å². The van der Waals surface area contributed by atoms with E-state index in [0.29, 0.717) is 11.5 Å². The van der Waals surface area contributed by atoms with Gasteiger partial charge < -0.3 is 5.32 Å². The highest BCUT2D eigenvalue weighted by molar-refractivity contribution is 7.92. The van der Waals surface area contributed by atoms with Gasteiger partial charge in [-0.3, -0.25) is 4.72 Å². The molecule has 0 radical (unpaired) electrons. The van der Waals surface area contributed by atoms with Crippen molar-refractivity contribution in [3.63, 3.8) is 0 Å². The predicted molar refractivity (Wildman–Crippen MR) is 105 cm³/mol. The highest BCUT2D eigenvalue weighted by atomic mass is 32.2. The molecule has 0 fully saturated rings. The van der Waals surface area contributed by atoms with Crippen LogP contribution in [0.4, 0.5) is 21.6 Å². The Morgan fingerprint density at radius 1 is 0.926 bits per heavy atom. The summed E-state index contributed by atoms with van der Waals surface area (Å²) in [7, 11) is -3.81. The van der Waals surface area contributed by atoms with Crippen LogP contribution >= 0.6 is 0 Å². The third-order valence-electron chi connectivity index (χ3n) is 4.10. The van der Waals surface area contributed by atoms with Crippen molar-refractivity contribution >= 4 is 27.2 Å².